The van der Waals surface area contributed by atoms with Crippen LogP contribution in [0.1, 0.15) is 30.3 Å². The Morgan fingerprint density at radius 1 is 1.24 bits per heavy atom. The van der Waals surface area contributed by atoms with Crippen LogP contribution in [0.5, 0.6) is 0 Å². The standard InChI is InChI=1S/C22H22FN5O/c1-28-19(11-14-7-8-18(26-20(14)28)15-12-24-25-13-15)21(29-2)27-22(9-10-22)16-5-3-4-6-17(16)23/h3-8,11-13,21,27H,9-10H2,1-2H3,(H,24,25). The first-order chi connectivity index (χ1) is 14.1. The zero-order valence-electron chi connectivity index (χ0n) is 16.3. The van der Waals surface area contributed by atoms with E-state index >= 15 is 0 Å². The summed E-state index contributed by atoms with van der Waals surface area (Å²) in [6, 6.07) is 13.0. The van der Waals surface area contributed by atoms with Crippen LogP contribution in [0.25, 0.3) is 22.3 Å². The summed E-state index contributed by atoms with van der Waals surface area (Å²) in [6.45, 7) is 0. The Bertz CT molecular complexity index is 1160. The second-order valence-electron chi connectivity index (χ2n) is 7.55. The number of benzene rings is 1. The molecule has 0 saturated heterocycles. The lowest BCUT2D eigenvalue weighted by Gasteiger charge is -2.26. The van der Waals surface area contributed by atoms with Crippen LogP contribution < -0.4 is 5.32 Å². The smallest absolute Gasteiger partial charge is 0.149 e. The molecule has 3 heterocycles. The number of ether oxygens (including phenoxy) is 1. The molecule has 148 valence electrons. The Balaban J connectivity index is 1.50. The quantitative estimate of drug-likeness (QED) is 0.487. The van der Waals surface area contributed by atoms with Gasteiger partial charge in [0, 0.05) is 42.4 Å². The van der Waals surface area contributed by atoms with Crippen LogP contribution >= 0.6 is 0 Å². The number of fused-ring (bicyclic) bond motifs is 1. The lowest BCUT2D eigenvalue weighted by molar-refractivity contribution is 0.0526. The van der Waals surface area contributed by atoms with Crippen molar-refractivity contribution in [3.63, 3.8) is 0 Å². The molecule has 7 heteroatoms. The Morgan fingerprint density at radius 3 is 2.76 bits per heavy atom. The SMILES string of the molecule is COC(NC1(c2ccccc2F)CC1)c1cc2ccc(-c3cn[nH]c3)nc2n1C. The minimum absolute atomic E-state index is 0.184. The van der Waals surface area contributed by atoms with Crippen molar-refractivity contribution in [1.29, 1.82) is 0 Å². The van der Waals surface area contributed by atoms with Crippen LogP contribution in [-0.2, 0) is 17.3 Å². The molecule has 5 rings (SSSR count). The molecule has 6 nitrogen and oxygen atoms in total. The highest BCUT2D eigenvalue weighted by atomic mass is 19.1. The predicted molar refractivity (Wildman–Crippen MR) is 108 cm³/mol. The van der Waals surface area contributed by atoms with Gasteiger partial charge in [-0.25, -0.2) is 9.37 Å². The maximum absolute atomic E-state index is 14.4. The Hall–Kier alpha value is -3.03. The molecule has 0 bridgehead atoms. The topological polar surface area (TPSA) is 67.8 Å². The molecule has 29 heavy (non-hydrogen) atoms. The first-order valence-electron chi connectivity index (χ1n) is 9.62. The largest absolute Gasteiger partial charge is 0.361 e. The molecule has 3 aromatic heterocycles. The van der Waals surface area contributed by atoms with Crippen LogP contribution in [0.3, 0.4) is 0 Å². The molecule has 2 N–H and O–H groups in total. The number of rotatable bonds is 6. The highest BCUT2D eigenvalue weighted by molar-refractivity contribution is 5.80. The minimum atomic E-state index is -0.391. The monoisotopic (exact) mass is 391 g/mol. The third-order valence-electron chi connectivity index (χ3n) is 5.76. The van der Waals surface area contributed by atoms with E-state index in [0.717, 1.165) is 40.8 Å². The van der Waals surface area contributed by atoms with E-state index in [1.807, 2.05) is 42.1 Å². The molecular weight excluding hydrogens is 369 g/mol. The molecule has 1 fully saturated rings. The zero-order valence-corrected chi connectivity index (χ0v) is 16.3. The van der Waals surface area contributed by atoms with Gasteiger partial charge in [-0.15, -0.1) is 0 Å². The maximum atomic E-state index is 14.4. The first kappa shape index (κ1) is 18.0. The van der Waals surface area contributed by atoms with Crippen molar-refractivity contribution >= 4 is 11.0 Å². The molecule has 1 aliphatic carbocycles. The number of nitrogens with one attached hydrogen (secondary N) is 2. The van der Waals surface area contributed by atoms with E-state index in [2.05, 4.69) is 21.6 Å². The fourth-order valence-electron chi connectivity index (χ4n) is 3.99. The molecule has 0 aliphatic heterocycles. The van der Waals surface area contributed by atoms with Gasteiger partial charge in [0.2, 0.25) is 0 Å². The number of methoxy groups -OCH3 is 1. The highest BCUT2D eigenvalue weighted by Crippen LogP contribution is 2.48. The molecule has 4 aromatic rings. The van der Waals surface area contributed by atoms with Gasteiger partial charge < -0.3 is 9.30 Å². The van der Waals surface area contributed by atoms with Gasteiger partial charge in [-0.1, -0.05) is 18.2 Å². The van der Waals surface area contributed by atoms with Crippen LogP contribution in [0.2, 0.25) is 0 Å². The van der Waals surface area contributed by atoms with E-state index in [1.165, 1.54) is 6.07 Å². The summed E-state index contributed by atoms with van der Waals surface area (Å²) in [4.78, 5) is 4.80. The van der Waals surface area contributed by atoms with Gasteiger partial charge in [0.15, 0.2) is 0 Å². The van der Waals surface area contributed by atoms with Crippen LogP contribution in [0.15, 0.2) is 54.9 Å². The van der Waals surface area contributed by atoms with Crippen molar-refractivity contribution in [3.8, 4) is 11.3 Å². The van der Waals surface area contributed by atoms with Crippen molar-refractivity contribution in [2.45, 2.75) is 24.6 Å². The normalized spacial score (nSPS) is 16.2. The number of H-pyrrole nitrogens is 1. The average Bonchev–Trinajstić information content (AvgIpc) is 3.16. The molecule has 1 saturated carbocycles. The number of aromatic amines is 1. The van der Waals surface area contributed by atoms with Crippen LogP contribution in [0.4, 0.5) is 4.39 Å². The molecule has 0 spiro atoms. The number of pyridine rings is 1. The number of halogens is 1. The molecule has 0 radical (unpaired) electrons. The summed E-state index contributed by atoms with van der Waals surface area (Å²) in [5.74, 6) is -0.184. The predicted octanol–water partition coefficient (Wildman–Crippen LogP) is 4.03. The number of nitrogens with zero attached hydrogens (tertiary/aromatic N) is 3. The molecule has 1 atom stereocenters. The highest BCUT2D eigenvalue weighted by Gasteiger charge is 2.47. The lowest BCUT2D eigenvalue weighted by atomic mass is 10.0. The van der Waals surface area contributed by atoms with Crippen molar-refractivity contribution in [3.05, 3.63) is 71.9 Å². The first-order valence-corrected chi connectivity index (χ1v) is 9.62. The van der Waals surface area contributed by atoms with Gasteiger partial charge in [-0.3, -0.25) is 10.4 Å². The van der Waals surface area contributed by atoms with Gasteiger partial charge in [-0.2, -0.15) is 5.10 Å². The number of hydrogen-bond acceptors (Lipinski definition) is 4. The third kappa shape index (κ3) is 3.03. The second kappa shape index (κ2) is 6.79. The summed E-state index contributed by atoms with van der Waals surface area (Å²) < 4.78 is 22.2. The summed E-state index contributed by atoms with van der Waals surface area (Å²) in [6.07, 6.45) is 4.95. The maximum Gasteiger partial charge on any atom is 0.149 e. The van der Waals surface area contributed by atoms with Gasteiger partial charge in [0.1, 0.15) is 17.7 Å². The van der Waals surface area contributed by atoms with Crippen molar-refractivity contribution in [2.24, 2.45) is 7.05 Å². The Kier molecular flexibility index (Phi) is 4.22. The molecule has 1 aliphatic rings. The molecule has 0 amide bonds. The number of aryl methyl sites for hydroxylation is 1. The molecule has 1 aromatic carbocycles. The lowest BCUT2D eigenvalue weighted by Crippen LogP contribution is -2.35. The second-order valence-corrected chi connectivity index (χ2v) is 7.55. The summed E-state index contributed by atoms with van der Waals surface area (Å²) in [5, 5.41) is 11.4. The van der Waals surface area contributed by atoms with E-state index in [0.29, 0.717) is 5.56 Å². The summed E-state index contributed by atoms with van der Waals surface area (Å²) in [5.41, 5.74) is 3.90. The van der Waals surface area contributed by atoms with Gasteiger partial charge in [0.25, 0.3) is 0 Å². The fraction of sp³-hybridized carbons (Fsp3) is 0.273. The third-order valence-corrected chi connectivity index (χ3v) is 5.76. The summed E-state index contributed by atoms with van der Waals surface area (Å²) >= 11 is 0. The average molecular weight is 391 g/mol. The zero-order chi connectivity index (χ0) is 20.0. The van der Waals surface area contributed by atoms with Crippen molar-refractivity contribution in [1.82, 2.24) is 25.1 Å². The van der Waals surface area contributed by atoms with E-state index in [4.69, 9.17) is 9.72 Å². The van der Waals surface area contributed by atoms with Crippen molar-refractivity contribution in [2.75, 3.05) is 7.11 Å². The summed E-state index contributed by atoms with van der Waals surface area (Å²) in [7, 11) is 3.64. The molecular formula is C22H22FN5O. The van der Waals surface area contributed by atoms with Crippen molar-refractivity contribution < 1.29 is 9.13 Å². The van der Waals surface area contributed by atoms with E-state index in [1.54, 1.807) is 19.4 Å². The number of hydrogen-bond donors (Lipinski definition) is 2. The number of aromatic nitrogens is 4. The Morgan fingerprint density at radius 2 is 2.07 bits per heavy atom. The van der Waals surface area contributed by atoms with E-state index in [9.17, 15) is 4.39 Å². The van der Waals surface area contributed by atoms with E-state index < -0.39 is 5.54 Å². The minimum Gasteiger partial charge on any atom is -0.361 e. The van der Waals surface area contributed by atoms with Crippen LogP contribution in [0, 0.1) is 5.82 Å². The Labute approximate surface area is 167 Å². The van der Waals surface area contributed by atoms with E-state index in [-0.39, 0.29) is 12.0 Å². The van der Waals surface area contributed by atoms with Crippen LogP contribution in [-0.4, -0.2) is 26.9 Å². The van der Waals surface area contributed by atoms with Gasteiger partial charge in [-0.05, 0) is 37.1 Å². The fourth-order valence-corrected chi connectivity index (χ4v) is 3.99. The van der Waals surface area contributed by atoms with Gasteiger partial charge >= 0.3 is 0 Å². The van der Waals surface area contributed by atoms with Gasteiger partial charge in [0.05, 0.1) is 17.6 Å². The molecule has 1 unspecified atom stereocenters.